The fraction of sp³-hybridized carbons (Fsp3) is 0. The Kier molecular flexibility index (Phi) is 3.22. The Morgan fingerprint density at radius 2 is 1.48 bits per heavy atom. The van der Waals surface area contributed by atoms with Crippen molar-refractivity contribution in [3.05, 3.63) is 90.3 Å². The summed E-state index contributed by atoms with van der Waals surface area (Å²) in [6.45, 7) is 0. The summed E-state index contributed by atoms with van der Waals surface area (Å²) in [4.78, 5) is 0. The Bertz CT molecular complexity index is 1710. The van der Waals surface area contributed by atoms with Crippen LogP contribution in [0.3, 0.4) is 0 Å². The molecule has 0 radical (unpaired) electrons. The van der Waals surface area contributed by atoms with Crippen LogP contribution in [0.1, 0.15) is 0 Å². The molecule has 0 atom stereocenters. The molecule has 136 valence electrons. The van der Waals surface area contributed by atoms with Crippen molar-refractivity contribution in [1.82, 2.24) is 4.57 Å². The number of nitrogens with zero attached hydrogens (tertiary/aromatic N) is 1. The predicted octanol–water partition coefficient (Wildman–Crippen LogP) is 7.36. The Balaban J connectivity index is 1.72. The molecule has 29 heavy (non-hydrogen) atoms. The Labute approximate surface area is 177 Å². The van der Waals surface area contributed by atoms with Crippen molar-refractivity contribution < 1.29 is 0 Å². The molecule has 1 nitrogen and oxygen atoms in total. The van der Waals surface area contributed by atoms with E-state index in [2.05, 4.69) is 94.9 Å². The van der Waals surface area contributed by atoms with Crippen molar-refractivity contribution in [2.24, 2.45) is 0 Å². The first-order valence-corrected chi connectivity index (χ1v) is 12.3. The van der Waals surface area contributed by atoms with Crippen molar-refractivity contribution in [2.45, 2.75) is 0 Å². The molecule has 0 N–H and O–H groups in total. The maximum atomic E-state index is 2.50. The van der Waals surface area contributed by atoms with Gasteiger partial charge in [0.25, 0.3) is 0 Å². The van der Waals surface area contributed by atoms with Crippen LogP contribution in [0.15, 0.2) is 90.3 Å². The summed E-state index contributed by atoms with van der Waals surface area (Å²) in [5.74, 6) is 0. The molecular formula is C26H15NSSe. The monoisotopic (exact) mass is 453 g/mol. The van der Waals surface area contributed by atoms with Crippen LogP contribution in [0.5, 0.6) is 0 Å². The van der Waals surface area contributed by atoms with Crippen LogP contribution in [-0.4, -0.2) is 19.1 Å². The molecule has 0 unspecified atom stereocenters. The molecule has 3 aromatic heterocycles. The van der Waals surface area contributed by atoms with Crippen molar-refractivity contribution in [2.75, 3.05) is 0 Å². The number of hydrogen-bond acceptors (Lipinski definition) is 1. The maximum absolute atomic E-state index is 2.50. The van der Waals surface area contributed by atoms with E-state index in [1.54, 1.807) is 0 Å². The summed E-state index contributed by atoms with van der Waals surface area (Å²) in [5.41, 5.74) is 3.94. The summed E-state index contributed by atoms with van der Waals surface area (Å²) >= 11 is 2.17. The van der Waals surface area contributed by atoms with Crippen LogP contribution in [0.25, 0.3) is 56.9 Å². The van der Waals surface area contributed by atoms with Crippen molar-refractivity contribution in [1.29, 1.82) is 0 Å². The standard InChI is InChI=1S/C26H15NSSe/c1-3-9-20-19(7-1)24-21(13-12-16-14-15-28-25(16)24)27(20)22-10-5-8-18-17-6-2-4-11-23(17)29-26(18)22/h1-15H. The van der Waals surface area contributed by atoms with Crippen molar-refractivity contribution >= 4 is 77.0 Å². The number of benzene rings is 4. The molecule has 7 aromatic rings. The zero-order valence-corrected chi connectivity index (χ0v) is 18.0. The first-order valence-electron chi connectivity index (χ1n) is 9.70. The molecule has 0 aliphatic heterocycles. The summed E-state index contributed by atoms with van der Waals surface area (Å²) in [5, 5.41) is 9.08. The Morgan fingerprint density at radius 3 is 2.45 bits per heavy atom. The minimum absolute atomic E-state index is 0.327. The van der Waals surface area contributed by atoms with E-state index in [1.165, 1.54) is 56.9 Å². The van der Waals surface area contributed by atoms with Gasteiger partial charge in [0.2, 0.25) is 0 Å². The normalized spacial score (nSPS) is 12.1. The number of thiophene rings is 1. The second kappa shape index (κ2) is 5.84. The zero-order chi connectivity index (χ0) is 18.9. The molecule has 0 saturated heterocycles. The molecule has 3 heterocycles. The van der Waals surface area contributed by atoms with Crippen molar-refractivity contribution in [3.63, 3.8) is 0 Å². The molecule has 4 aromatic carbocycles. The molecule has 0 amide bonds. The van der Waals surface area contributed by atoms with E-state index < -0.39 is 0 Å². The molecule has 3 heteroatoms. The fourth-order valence-electron chi connectivity index (χ4n) is 4.65. The van der Waals surface area contributed by atoms with Gasteiger partial charge in [-0.05, 0) is 0 Å². The second-order valence-corrected chi connectivity index (χ2v) is 10.5. The quantitative estimate of drug-likeness (QED) is 0.229. The third-order valence-corrected chi connectivity index (χ3v) is 9.36. The molecule has 0 spiro atoms. The van der Waals surface area contributed by atoms with Gasteiger partial charge >= 0.3 is 178 Å². The van der Waals surface area contributed by atoms with Crippen LogP contribution in [0.4, 0.5) is 0 Å². The van der Waals surface area contributed by atoms with Crippen LogP contribution in [0, 0.1) is 0 Å². The van der Waals surface area contributed by atoms with Crippen LogP contribution >= 0.6 is 11.3 Å². The molecule has 0 bridgehead atoms. The molecular weight excluding hydrogens is 437 g/mol. The number of rotatable bonds is 1. The van der Waals surface area contributed by atoms with E-state index in [1.807, 2.05) is 11.3 Å². The zero-order valence-electron chi connectivity index (χ0n) is 15.4. The van der Waals surface area contributed by atoms with Gasteiger partial charge in [0.05, 0.1) is 0 Å². The van der Waals surface area contributed by atoms with E-state index in [0.29, 0.717) is 14.5 Å². The fourth-order valence-corrected chi connectivity index (χ4v) is 8.13. The topological polar surface area (TPSA) is 4.93 Å². The number of fused-ring (bicyclic) bond motifs is 8. The van der Waals surface area contributed by atoms with E-state index in [4.69, 9.17) is 0 Å². The number of aromatic nitrogens is 1. The molecule has 0 aliphatic carbocycles. The average Bonchev–Trinajstić information content (AvgIpc) is 3.46. The molecule has 7 rings (SSSR count). The van der Waals surface area contributed by atoms with Gasteiger partial charge in [-0.25, -0.2) is 0 Å². The van der Waals surface area contributed by atoms with Crippen LogP contribution in [-0.2, 0) is 0 Å². The minimum atomic E-state index is 0.327. The van der Waals surface area contributed by atoms with Gasteiger partial charge in [-0.3, -0.25) is 0 Å². The van der Waals surface area contributed by atoms with Crippen LogP contribution < -0.4 is 0 Å². The van der Waals surface area contributed by atoms with Crippen LogP contribution in [0.2, 0.25) is 0 Å². The van der Waals surface area contributed by atoms with E-state index >= 15 is 0 Å². The first kappa shape index (κ1) is 16.0. The van der Waals surface area contributed by atoms with E-state index in [9.17, 15) is 0 Å². The van der Waals surface area contributed by atoms with Gasteiger partial charge in [0.1, 0.15) is 0 Å². The van der Waals surface area contributed by atoms with E-state index in [0.717, 1.165) is 0 Å². The summed E-state index contributed by atoms with van der Waals surface area (Å²) in [6, 6.07) is 31.4. The van der Waals surface area contributed by atoms with Gasteiger partial charge in [-0.15, -0.1) is 0 Å². The van der Waals surface area contributed by atoms with Crippen molar-refractivity contribution in [3.8, 4) is 5.69 Å². The number of para-hydroxylation sites is 1. The summed E-state index contributed by atoms with van der Waals surface area (Å²) in [6.07, 6.45) is 0. The third-order valence-electron chi connectivity index (χ3n) is 5.88. The van der Waals surface area contributed by atoms with E-state index in [-0.39, 0.29) is 0 Å². The van der Waals surface area contributed by atoms with Gasteiger partial charge in [0, 0.05) is 0 Å². The SMILES string of the molecule is c1ccc2c(c1)[se]c1c(-n3c4ccccc4c4c5sccc5ccc43)cccc12. The summed E-state index contributed by atoms with van der Waals surface area (Å²) < 4.78 is 6.87. The third kappa shape index (κ3) is 2.10. The Morgan fingerprint density at radius 1 is 0.655 bits per heavy atom. The first-order chi connectivity index (χ1) is 14.4. The van der Waals surface area contributed by atoms with Gasteiger partial charge in [0.15, 0.2) is 0 Å². The number of hydrogen-bond donors (Lipinski definition) is 0. The predicted molar refractivity (Wildman–Crippen MR) is 128 cm³/mol. The van der Waals surface area contributed by atoms with Gasteiger partial charge in [-0.2, -0.15) is 0 Å². The Hall–Kier alpha value is -2.84. The molecule has 0 aliphatic rings. The molecule has 0 fully saturated rings. The van der Waals surface area contributed by atoms with Gasteiger partial charge < -0.3 is 0 Å². The average molecular weight is 452 g/mol. The summed E-state index contributed by atoms with van der Waals surface area (Å²) in [7, 11) is 0. The van der Waals surface area contributed by atoms with Gasteiger partial charge in [-0.1, -0.05) is 0 Å². The molecule has 0 saturated carbocycles. The second-order valence-electron chi connectivity index (χ2n) is 7.40.